The molecule has 3 aromatic carbocycles. The molecule has 1 saturated heterocycles. The molecule has 2 bridgehead atoms. The Balaban J connectivity index is 1.07. The van der Waals surface area contributed by atoms with E-state index in [2.05, 4.69) is 72.6 Å². The van der Waals surface area contributed by atoms with E-state index in [4.69, 9.17) is 4.74 Å². The number of piperidine rings is 1. The summed E-state index contributed by atoms with van der Waals surface area (Å²) < 4.78 is 5.85. The van der Waals surface area contributed by atoms with Crippen LogP contribution in [0.3, 0.4) is 0 Å². The van der Waals surface area contributed by atoms with Crippen LogP contribution in [0.15, 0.2) is 66.7 Å². The Morgan fingerprint density at radius 2 is 1.85 bits per heavy atom. The molecular weight excluding hydrogens is 492 g/mol. The third-order valence-electron chi connectivity index (χ3n) is 9.77. The van der Waals surface area contributed by atoms with E-state index in [1.165, 1.54) is 54.6 Å². The second kappa shape index (κ2) is 11.0. The minimum Gasteiger partial charge on any atom is -0.491 e. The van der Waals surface area contributed by atoms with Crippen molar-refractivity contribution >= 4 is 5.91 Å². The number of likely N-dealkylation sites (tertiary alicyclic amines) is 1. The van der Waals surface area contributed by atoms with Crippen LogP contribution in [0.5, 0.6) is 5.75 Å². The summed E-state index contributed by atoms with van der Waals surface area (Å²) >= 11 is 0. The van der Waals surface area contributed by atoms with Gasteiger partial charge in [-0.25, -0.2) is 0 Å². The first kappa shape index (κ1) is 27.1. The summed E-state index contributed by atoms with van der Waals surface area (Å²) in [5.74, 6) is 2.47. The molecule has 1 N–H and O–H groups in total. The van der Waals surface area contributed by atoms with E-state index in [1.807, 2.05) is 32.0 Å². The van der Waals surface area contributed by atoms with Crippen molar-refractivity contribution in [2.75, 3.05) is 19.6 Å². The van der Waals surface area contributed by atoms with Gasteiger partial charge in [0.25, 0.3) is 5.91 Å². The molecule has 0 aromatic heterocycles. The van der Waals surface area contributed by atoms with Gasteiger partial charge in [-0.15, -0.1) is 0 Å². The number of nitrogens with zero attached hydrogens (tertiary/aromatic N) is 1. The second-order valence-electron chi connectivity index (χ2n) is 12.9. The zero-order valence-electron chi connectivity index (χ0n) is 24.6. The normalized spacial score (nSPS) is 24.0. The molecule has 4 nitrogen and oxygen atoms in total. The van der Waals surface area contributed by atoms with Crippen LogP contribution in [0.2, 0.25) is 0 Å². The van der Waals surface area contributed by atoms with Crippen LogP contribution in [0.4, 0.5) is 0 Å². The van der Waals surface area contributed by atoms with Crippen LogP contribution in [0.1, 0.15) is 74.0 Å². The van der Waals surface area contributed by atoms with Crippen molar-refractivity contribution < 1.29 is 9.53 Å². The zero-order chi connectivity index (χ0) is 27.9. The predicted octanol–water partition coefficient (Wildman–Crippen LogP) is 7.05. The van der Waals surface area contributed by atoms with Gasteiger partial charge >= 0.3 is 0 Å². The monoisotopic (exact) mass is 536 g/mol. The number of amides is 1. The highest BCUT2D eigenvalue weighted by Crippen LogP contribution is 2.49. The summed E-state index contributed by atoms with van der Waals surface area (Å²) in [4.78, 5) is 16.0. The molecule has 1 saturated carbocycles. The average molecular weight is 537 g/mol. The number of ether oxygens (including phenoxy) is 1. The first-order valence-corrected chi connectivity index (χ1v) is 15.3. The van der Waals surface area contributed by atoms with Crippen LogP contribution in [0, 0.1) is 11.8 Å². The van der Waals surface area contributed by atoms with Crippen molar-refractivity contribution in [3.8, 4) is 16.9 Å². The van der Waals surface area contributed by atoms with E-state index >= 15 is 0 Å². The molecular formula is C36H44N2O2. The molecule has 0 unspecified atom stereocenters. The van der Waals surface area contributed by atoms with Crippen LogP contribution in [-0.4, -0.2) is 42.6 Å². The Kier molecular flexibility index (Phi) is 7.48. The van der Waals surface area contributed by atoms with Crippen molar-refractivity contribution in [1.82, 2.24) is 10.2 Å². The molecule has 40 heavy (non-hydrogen) atoms. The van der Waals surface area contributed by atoms with E-state index in [0.29, 0.717) is 18.5 Å². The zero-order valence-corrected chi connectivity index (χ0v) is 24.6. The van der Waals surface area contributed by atoms with E-state index in [1.54, 1.807) is 0 Å². The molecule has 6 rings (SSSR count). The molecule has 2 aliphatic carbocycles. The predicted molar refractivity (Wildman–Crippen MR) is 163 cm³/mol. The topological polar surface area (TPSA) is 41.6 Å². The van der Waals surface area contributed by atoms with Crippen LogP contribution < -0.4 is 10.1 Å². The standard InChI is InChI=1S/C36H44N2O2/c1-24(2)40-32-7-5-6-29(20-32)28-12-10-26(11-13-28)16-18-37-35(39)31-15-14-30-22-34-25(3)36(4,33(30)21-31)17-19-38(34)23-27-8-9-27/h5-7,10-15,20-21,24-25,27,34H,8-9,16-19,22-23H2,1-4H3,(H,37,39)/t25-,34+,36+/m0/s1. The maximum Gasteiger partial charge on any atom is 0.251 e. The Labute approximate surface area is 240 Å². The SMILES string of the molecule is CC(C)Oc1cccc(-c2ccc(CCNC(=O)c3ccc4c(c3)[C@]3(C)CCN(CC5CC5)[C@H](C4)[C@@H]3C)cc2)c1. The number of fused-ring (bicyclic) bond motifs is 4. The molecule has 3 aromatic rings. The summed E-state index contributed by atoms with van der Waals surface area (Å²) in [6.07, 6.45) is 6.09. The smallest absolute Gasteiger partial charge is 0.251 e. The fraction of sp³-hybridized carbons (Fsp3) is 0.472. The quantitative estimate of drug-likeness (QED) is 0.319. The molecule has 4 heteroatoms. The highest BCUT2D eigenvalue weighted by atomic mass is 16.5. The van der Waals surface area contributed by atoms with E-state index in [9.17, 15) is 4.79 Å². The largest absolute Gasteiger partial charge is 0.491 e. The summed E-state index contributed by atoms with van der Waals surface area (Å²) in [7, 11) is 0. The maximum atomic E-state index is 13.2. The molecule has 3 atom stereocenters. The molecule has 1 amide bonds. The fourth-order valence-electron chi connectivity index (χ4n) is 7.01. The second-order valence-corrected chi connectivity index (χ2v) is 12.9. The highest BCUT2D eigenvalue weighted by molar-refractivity contribution is 5.94. The minimum absolute atomic E-state index is 0.0333. The number of rotatable bonds is 9. The number of hydrogen-bond donors (Lipinski definition) is 1. The number of carbonyl (C=O) groups excluding carboxylic acids is 1. The van der Waals surface area contributed by atoms with Gasteiger partial charge in [-0.3, -0.25) is 9.69 Å². The van der Waals surface area contributed by atoms with Gasteiger partial charge in [-0.05, 0) is 122 Å². The van der Waals surface area contributed by atoms with Gasteiger partial charge in [-0.2, -0.15) is 0 Å². The Morgan fingerprint density at radius 1 is 1.05 bits per heavy atom. The number of carbonyl (C=O) groups is 1. The Morgan fingerprint density at radius 3 is 2.60 bits per heavy atom. The molecule has 0 spiro atoms. The lowest BCUT2D eigenvalue weighted by atomic mass is 9.59. The van der Waals surface area contributed by atoms with Crippen LogP contribution in [0.25, 0.3) is 11.1 Å². The van der Waals surface area contributed by atoms with Gasteiger partial charge in [0, 0.05) is 24.7 Å². The van der Waals surface area contributed by atoms with Crippen molar-refractivity contribution in [2.24, 2.45) is 11.8 Å². The number of nitrogens with one attached hydrogen (secondary N) is 1. The van der Waals surface area contributed by atoms with E-state index in [-0.39, 0.29) is 17.4 Å². The summed E-state index contributed by atoms with van der Waals surface area (Å²) in [5, 5.41) is 3.18. The lowest BCUT2D eigenvalue weighted by Crippen LogP contribution is -2.58. The molecule has 210 valence electrons. The third-order valence-corrected chi connectivity index (χ3v) is 9.77. The van der Waals surface area contributed by atoms with Crippen LogP contribution >= 0.6 is 0 Å². The van der Waals surface area contributed by atoms with E-state index < -0.39 is 0 Å². The first-order chi connectivity index (χ1) is 19.3. The molecule has 1 aliphatic heterocycles. The summed E-state index contributed by atoms with van der Waals surface area (Å²) in [6.45, 7) is 12.1. The fourth-order valence-corrected chi connectivity index (χ4v) is 7.01. The molecule has 2 fully saturated rings. The van der Waals surface area contributed by atoms with Crippen molar-refractivity contribution in [3.63, 3.8) is 0 Å². The van der Waals surface area contributed by atoms with E-state index in [0.717, 1.165) is 35.6 Å². The third kappa shape index (κ3) is 5.56. The Bertz CT molecular complexity index is 1360. The number of hydrogen-bond acceptors (Lipinski definition) is 3. The van der Waals surface area contributed by atoms with Crippen molar-refractivity contribution in [2.45, 2.75) is 77.4 Å². The molecule has 0 radical (unpaired) electrons. The van der Waals surface area contributed by atoms with Gasteiger partial charge in [0.1, 0.15) is 5.75 Å². The van der Waals surface area contributed by atoms with Gasteiger partial charge in [0.05, 0.1) is 6.10 Å². The minimum atomic E-state index is 0.0333. The Hall–Kier alpha value is -3.11. The van der Waals surface area contributed by atoms with Gasteiger partial charge in [-0.1, -0.05) is 56.3 Å². The van der Waals surface area contributed by atoms with Gasteiger partial charge in [0.15, 0.2) is 0 Å². The van der Waals surface area contributed by atoms with Gasteiger partial charge in [0.2, 0.25) is 0 Å². The summed E-state index contributed by atoms with van der Waals surface area (Å²) in [6, 6.07) is 24.0. The maximum absolute atomic E-state index is 13.2. The molecule has 1 heterocycles. The first-order valence-electron chi connectivity index (χ1n) is 15.3. The van der Waals surface area contributed by atoms with Crippen molar-refractivity contribution in [1.29, 1.82) is 0 Å². The van der Waals surface area contributed by atoms with Gasteiger partial charge < -0.3 is 10.1 Å². The number of benzene rings is 3. The lowest BCUT2D eigenvalue weighted by Gasteiger charge is -2.55. The average Bonchev–Trinajstić information content (AvgIpc) is 3.76. The highest BCUT2D eigenvalue weighted by Gasteiger charge is 2.49. The van der Waals surface area contributed by atoms with Crippen molar-refractivity contribution in [3.05, 3.63) is 89.0 Å². The molecule has 3 aliphatic rings. The summed E-state index contributed by atoms with van der Waals surface area (Å²) in [5.41, 5.74) is 7.33. The van der Waals surface area contributed by atoms with Crippen LogP contribution in [-0.2, 0) is 18.3 Å². The lowest BCUT2D eigenvalue weighted by molar-refractivity contribution is 0.0284.